The van der Waals surface area contributed by atoms with Crippen LogP contribution in [-0.4, -0.2) is 75.2 Å². The van der Waals surface area contributed by atoms with Crippen LogP contribution in [0.25, 0.3) is 0 Å². The van der Waals surface area contributed by atoms with Gasteiger partial charge in [0.15, 0.2) is 18.1 Å². The average Bonchev–Trinajstić information content (AvgIpc) is 3.27. The van der Waals surface area contributed by atoms with Crippen molar-refractivity contribution >= 4 is 21.9 Å². The van der Waals surface area contributed by atoms with Gasteiger partial charge in [0.05, 0.1) is 20.0 Å². The lowest BCUT2D eigenvalue weighted by atomic mass is 9.99. The van der Waals surface area contributed by atoms with E-state index in [1.54, 1.807) is 26.0 Å². The van der Waals surface area contributed by atoms with E-state index in [0.717, 1.165) is 11.1 Å². The minimum absolute atomic E-state index is 0.00283. The van der Waals surface area contributed by atoms with Gasteiger partial charge in [-0.25, -0.2) is 8.42 Å². The predicted molar refractivity (Wildman–Crippen MR) is 113 cm³/mol. The number of hydrogen-bond acceptors (Lipinski definition) is 7. The van der Waals surface area contributed by atoms with Gasteiger partial charge in [0, 0.05) is 19.6 Å². The van der Waals surface area contributed by atoms with E-state index in [4.69, 9.17) is 14.2 Å². The topological polar surface area (TPSA) is 102 Å². The Bertz CT molecular complexity index is 932. The fourth-order valence-electron chi connectivity index (χ4n) is 4.10. The van der Waals surface area contributed by atoms with E-state index in [9.17, 15) is 18.0 Å². The molecule has 0 aromatic heterocycles. The maximum Gasteiger partial charge on any atom is 0.324 e. The van der Waals surface area contributed by atoms with Gasteiger partial charge < -0.3 is 19.1 Å². The van der Waals surface area contributed by atoms with E-state index in [1.165, 1.54) is 4.31 Å². The van der Waals surface area contributed by atoms with E-state index >= 15 is 0 Å². The summed E-state index contributed by atoms with van der Waals surface area (Å²) in [6.07, 6.45) is 2.15. The van der Waals surface area contributed by atoms with Gasteiger partial charge in [0.1, 0.15) is 6.04 Å². The zero-order valence-electron chi connectivity index (χ0n) is 18.3. The Morgan fingerprint density at radius 2 is 1.77 bits per heavy atom. The van der Waals surface area contributed by atoms with E-state index in [2.05, 4.69) is 0 Å². The zero-order chi connectivity index (χ0) is 22.6. The van der Waals surface area contributed by atoms with Gasteiger partial charge in [-0.2, -0.15) is 4.31 Å². The number of carbonyl (C=O) groups excluding carboxylic acids is 2. The first-order valence-corrected chi connectivity index (χ1v) is 12.1. The number of esters is 1. The molecule has 3 rings (SSSR count). The van der Waals surface area contributed by atoms with Crippen molar-refractivity contribution in [3.8, 4) is 11.5 Å². The molecular formula is C21H30N2O7S. The summed E-state index contributed by atoms with van der Waals surface area (Å²) in [6, 6.07) is 2.93. The predicted octanol–water partition coefficient (Wildman–Crippen LogP) is 1.34. The molecule has 2 heterocycles. The van der Waals surface area contributed by atoms with Crippen molar-refractivity contribution in [3.63, 3.8) is 0 Å². The number of nitrogens with zero attached hydrogens (tertiary/aromatic N) is 2. The first-order chi connectivity index (χ1) is 14.8. The Morgan fingerprint density at radius 1 is 1.10 bits per heavy atom. The van der Waals surface area contributed by atoms with Gasteiger partial charge in [0.2, 0.25) is 10.0 Å². The zero-order valence-corrected chi connectivity index (χ0v) is 19.1. The van der Waals surface area contributed by atoms with Crippen LogP contribution < -0.4 is 9.47 Å². The van der Waals surface area contributed by atoms with Crippen LogP contribution in [0.3, 0.4) is 0 Å². The monoisotopic (exact) mass is 454 g/mol. The fraction of sp³-hybridized carbons (Fsp3) is 0.619. The fourth-order valence-corrected chi connectivity index (χ4v) is 5.84. The molecule has 172 valence electrons. The first-order valence-electron chi connectivity index (χ1n) is 10.5. The molecule has 1 atom stereocenters. The van der Waals surface area contributed by atoms with Crippen LogP contribution in [-0.2, 0) is 37.3 Å². The molecule has 0 spiro atoms. The molecule has 0 saturated carbocycles. The quantitative estimate of drug-likeness (QED) is 0.546. The summed E-state index contributed by atoms with van der Waals surface area (Å²) < 4.78 is 41.9. The molecule has 1 aromatic carbocycles. The maximum atomic E-state index is 12.6. The van der Waals surface area contributed by atoms with E-state index < -0.39 is 28.6 Å². The lowest BCUT2D eigenvalue weighted by molar-refractivity contribution is -0.155. The second kappa shape index (κ2) is 9.86. The number of rotatable bonds is 8. The molecule has 1 fully saturated rings. The van der Waals surface area contributed by atoms with Gasteiger partial charge in [0.25, 0.3) is 5.91 Å². The van der Waals surface area contributed by atoms with Crippen LogP contribution >= 0.6 is 0 Å². The highest BCUT2D eigenvalue weighted by molar-refractivity contribution is 7.89. The number of ether oxygens (including phenoxy) is 3. The summed E-state index contributed by atoms with van der Waals surface area (Å²) in [7, 11) is -0.357. The average molecular weight is 455 g/mol. The van der Waals surface area contributed by atoms with Crippen LogP contribution in [0.5, 0.6) is 11.5 Å². The van der Waals surface area contributed by atoms with Gasteiger partial charge in [-0.3, -0.25) is 9.59 Å². The highest BCUT2D eigenvalue weighted by Crippen LogP contribution is 2.33. The molecule has 2 aliphatic heterocycles. The van der Waals surface area contributed by atoms with E-state index in [-0.39, 0.29) is 11.7 Å². The second-order valence-corrected chi connectivity index (χ2v) is 9.77. The summed E-state index contributed by atoms with van der Waals surface area (Å²) in [4.78, 5) is 26.8. The Labute approximate surface area is 183 Å². The van der Waals surface area contributed by atoms with Crippen molar-refractivity contribution in [2.75, 3.05) is 39.7 Å². The van der Waals surface area contributed by atoms with Crippen LogP contribution in [0.15, 0.2) is 12.1 Å². The molecule has 0 radical (unpaired) electrons. The summed E-state index contributed by atoms with van der Waals surface area (Å²) >= 11 is 0. The highest BCUT2D eigenvalue weighted by atomic mass is 32.2. The van der Waals surface area contributed by atoms with Crippen molar-refractivity contribution in [1.82, 2.24) is 9.21 Å². The molecular weight excluding hydrogens is 424 g/mol. The number of hydrogen-bond donors (Lipinski definition) is 0. The van der Waals surface area contributed by atoms with Crippen LogP contribution in [0.1, 0.15) is 37.3 Å². The summed E-state index contributed by atoms with van der Waals surface area (Å²) in [5.74, 6) is 0.270. The molecule has 1 saturated heterocycles. The van der Waals surface area contributed by atoms with E-state index in [1.807, 2.05) is 12.1 Å². The Hall–Kier alpha value is -2.33. The summed E-state index contributed by atoms with van der Waals surface area (Å²) in [5.41, 5.74) is 2.04. The summed E-state index contributed by atoms with van der Waals surface area (Å²) in [5, 5.41) is 0. The number of methoxy groups -OCH3 is 2. The second-order valence-electron chi connectivity index (χ2n) is 7.73. The van der Waals surface area contributed by atoms with Crippen LogP contribution in [0, 0.1) is 0 Å². The van der Waals surface area contributed by atoms with Crippen molar-refractivity contribution in [2.45, 2.75) is 45.2 Å². The highest BCUT2D eigenvalue weighted by Gasteiger charge is 2.39. The third-order valence-electron chi connectivity index (χ3n) is 5.70. The normalized spacial score (nSPS) is 19.1. The maximum absolute atomic E-state index is 12.6. The largest absolute Gasteiger partial charge is 0.493 e. The van der Waals surface area contributed by atoms with Gasteiger partial charge in [-0.15, -0.1) is 0 Å². The standard InChI is InChI=1S/C21H30N2O7S/c1-4-10-31(26,27)23-8-5-6-17(23)21(25)30-14-20(24)22-9-7-15-11-18(28-2)19(29-3)12-16(15)13-22/h11-12,17H,4-10,13-14H2,1-3H3. The molecule has 9 nitrogen and oxygen atoms in total. The Morgan fingerprint density at radius 3 is 2.42 bits per heavy atom. The number of amides is 1. The number of sulfonamides is 1. The molecule has 1 aromatic rings. The number of carbonyl (C=O) groups is 2. The minimum Gasteiger partial charge on any atom is -0.493 e. The van der Waals surface area contributed by atoms with Gasteiger partial charge >= 0.3 is 5.97 Å². The van der Waals surface area contributed by atoms with Crippen molar-refractivity contribution < 1.29 is 32.2 Å². The number of benzene rings is 1. The molecule has 1 unspecified atom stereocenters. The molecule has 10 heteroatoms. The molecule has 2 aliphatic rings. The molecule has 0 aliphatic carbocycles. The SMILES string of the molecule is CCCS(=O)(=O)N1CCCC1C(=O)OCC(=O)N1CCc2cc(OC)c(OC)cc2C1. The van der Waals surface area contributed by atoms with Crippen molar-refractivity contribution in [2.24, 2.45) is 0 Å². The Balaban J connectivity index is 1.59. The minimum atomic E-state index is -3.49. The third kappa shape index (κ3) is 5.12. The number of fused-ring (bicyclic) bond motifs is 1. The van der Waals surface area contributed by atoms with Crippen LogP contribution in [0.2, 0.25) is 0 Å². The van der Waals surface area contributed by atoms with Gasteiger partial charge in [-0.05, 0) is 48.9 Å². The summed E-state index contributed by atoms with van der Waals surface area (Å²) in [6.45, 7) is 2.57. The Kier molecular flexibility index (Phi) is 7.42. The van der Waals surface area contributed by atoms with Crippen molar-refractivity contribution in [3.05, 3.63) is 23.3 Å². The smallest absolute Gasteiger partial charge is 0.324 e. The lowest BCUT2D eigenvalue weighted by Crippen LogP contribution is -2.44. The molecule has 0 N–H and O–H groups in total. The van der Waals surface area contributed by atoms with Gasteiger partial charge in [-0.1, -0.05) is 6.92 Å². The molecule has 1 amide bonds. The molecule has 0 bridgehead atoms. The lowest BCUT2D eigenvalue weighted by Gasteiger charge is -2.30. The first kappa shape index (κ1) is 23.3. The van der Waals surface area contributed by atoms with Crippen LogP contribution in [0.4, 0.5) is 0 Å². The third-order valence-corrected chi connectivity index (χ3v) is 7.78. The molecule has 31 heavy (non-hydrogen) atoms. The van der Waals surface area contributed by atoms with E-state index in [0.29, 0.717) is 56.8 Å². The van der Waals surface area contributed by atoms with Crippen molar-refractivity contribution in [1.29, 1.82) is 0 Å².